The Kier molecular flexibility index (Phi) is 6.42. The van der Waals surface area contributed by atoms with Gasteiger partial charge in [-0.1, -0.05) is 25.5 Å². The quantitative estimate of drug-likeness (QED) is 0.582. The van der Waals surface area contributed by atoms with E-state index in [1.807, 2.05) is 6.92 Å². The molecule has 1 heterocycles. The maximum absolute atomic E-state index is 12.7. The standard InChI is InChI=1S/C22H24N2O4/c1-2-3-13-28-22(27)17-8-4-5-9-19(17)24-21(26)16-11-12-18-15(14-16)7-6-10-20(25)23-18/h4-5,8-9,11-12,14H,2-3,6-7,10,13H2,1H3,(H,23,25)(H,24,26). The summed E-state index contributed by atoms with van der Waals surface area (Å²) in [5.74, 6) is -0.771. The number of fused-ring (bicyclic) bond motifs is 1. The summed E-state index contributed by atoms with van der Waals surface area (Å²) in [6, 6.07) is 12.0. The minimum absolute atomic E-state index is 0.00790. The number of nitrogens with one attached hydrogen (secondary N) is 2. The molecule has 146 valence electrons. The van der Waals surface area contributed by atoms with Gasteiger partial charge in [-0.15, -0.1) is 0 Å². The lowest BCUT2D eigenvalue weighted by Crippen LogP contribution is -2.16. The first kappa shape index (κ1) is 19.6. The van der Waals surface area contributed by atoms with Crippen LogP contribution in [0.1, 0.15) is 58.9 Å². The van der Waals surface area contributed by atoms with Gasteiger partial charge in [0.15, 0.2) is 0 Å². The molecule has 6 nitrogen and oxygen atoms in total. The average molecular weight is 380 g/mol. The highest BCUT2D eigenvalue weighted by molar-refractivity contribution is 6.08. The lowest BCUT2D eigenvalue weighted by atomic mass is 10.0. The first-order valence-electron chi connectivity index (χ1n) is 9.58. The smallest absolute Gasteiger partial charge is 0.340 e. The largest absolute Gasteiger partial charge is 0.462 e. The maximum Gasteiger partial charge on any atom is 0.340 e. The van der Waals surface area contributed by atoms with Crippen molar-refractivity contribution in [3.05, 3.63) is 59.2 Å². The SMILES string of the molecule is CCCCOC(=O)c1ccccc1NC(=O)c1ccc2c(c1)CCCC(=O)N2. The van der Waals surface area contributed by atoms with Crippen molar-refractivity contribution in [1.82, 2.24) is 0 Å². The van der Waals surface area contributed by atoms with E-state index in [9.17, 15) is 14.4 Å². The van der Waals surface area contributed by atoms with Crippen molar-refractivity contribution in [2.24, 2.45) is 0 Å². The van der Waals surface area contributed by atoms with Crippen LogP contribution in [0.2, 0.25) is 0 Å². The van der Waals surface area contributed by atoms with Gasteiger partial charge in [0.2, 0.25) is 5.91 Å². The van der Waals surface area contributed by atoms with E-state index in [-0.39, 0.29) is 11.8 Å². The number of amides is 2. The molecule has 3 rings (SSSR count). The van der Waals surface area contributed by atoms with Gasteiger partial charge in [-0.25, -0.2) is 4.79 Å². The highest BCUT2D eigenvalue weighted by Crippen LogP contribution is 2.24. The Morgan fingerprint density at radius 1 is 1.14 bits per heavy atom. The molecular formula is C22H24N2O4. The molecule has 0 atom stereocenters. The fraction of sp³-hybridized carbons (Fsp3) is 0.318. The molecule has 0 saturated carbocycles. The fourth-order valence-electron chi connectivity index (χ4n) is 3.07. The first-order valence-corrected chi connectivity index (χ1v) is 9.58. The first-order chi connectivity index (χ1) is 13.6. The van der Waals surface area contributed by atoms with Crippen molar-refractivity contribution in [1.29, 1.82) is 0 Å². The van der Waals surface area contributed by atoms with E-state index in [0.717, 1.165) is 36.9 Å². The van der Waals surface area contributed by atoms with Gasteiger partial charge < -0.3 is 15.4 Å². The van der Waals surface area contributed by atoms with E-state index in [1.54, 1.807) is 42.5 Å². The Bertz CT molecular complexity index is 892. The molecule has 0 aliphatic carbocycles. The molecule has 0 radical (unpaired) electrons. The molecule has 0 spiro atoms. The van der Waals surface area contributed by atoms with Gasteiger partial charge in [0.05, 0.1) is 17.9 Å². The van der Waals surface area contributed by atoms with Crippen LogP contribution in [0.3, 0.4) is 0 Å². The molecule has 2 aromatic rings. The van der Waals surface area contributed by atoms with E-state index in [0.29, 0.717) is 29.8 Å². The molecule has 2 amide bonds. The monoisotopic (exact) mass is 380 g/mol. The third-order valence-electron chi connectivity index (χ3n) is 4.62. The maximum atomic E-state index is 12.7. The number of hydrogen-bond donors (Lipinski definition) is 2. The van der Waals surface area contributed by atoms with Crippen LogP contribution in [0.4, 0.5) is 11.4 Å². The molecule has 1 aliphatic rings. The number of para-hydroxylation sites is 1. The summed E-state index contributed by atoms with van der Waals surface area (Å²) in [5.41, 5.74) is 2.90. The van der Waals surface area contributed by atoms with E-state index < -0.39 is 5.97 Å². The summed E-state index contributed by atoms with van der Waals surface area (Å²) in [6.45, 7) is 2.38. The minimum atomic E-state index is -0.450. The number of aryl methyl sites for hydroxylation is 1. The van der Waals surface area contributed by atoms with Gasteiger partial charge in [0.25, 0.3) is 5.91 Å². The molecule has 0 bridgehead atoms. The summed E-state index contributed by atoms with van der Waals surface area (Å²) in [4.78, 5) is 36.7. The van der Waals surface area contributed by atoms with Crippen LogP contribution in [0.25, 0.3) is 0 Å². The average Bonchev–Trinajstić information content (AvgIpc) is 2.88. The van der Waals surface area contributed by atoms with Crippen molar-refractivity contribution in [2.45, 2.75) is 39.0 Å². The fourth-order valence-corrected chi connectivity index (χ4v) is 3.07. The van der Waals surface area contributed by atoms with Crippen molar-refractivity contribution in [3.8, 4) is 0 Å². The number of unbranched alkanes of at least 4 members (excludes halogenated alkanes) is 1. The number of carbonyl (C=O) groups excluding carboxylic acids is 3. The van der Waals surface area contributed by atoms with Gasteiger partial charge in [-0.3, -0.25) is 9.59 Å². The topological polar surface area (TPSA) is 84.5 Å². The van der Waals surface area contributed by atoms with Crippen molar-refractivity contribution >= 4 is 29.2 Å². The molecule has 1 aliphatic heterocycles. The van der Waals surface area contributed by atoms with Crippen LogP contribution < -0.4 is 10.6 Å². The third kappa shape index (κ3) is 4.76. The number of rotatable bonds is 6. The normalized spacial score (nSPS) is 13.1. The second-order valence-corrected chi connectivity index (χ2v) is 6.76. The second-order valence-electron chi connectivity index (χ2n) is 6.76. The molecular weight excluding hydrogens is 356 g/mol. The Hall–Kier alpha value is -3.15. The van der Waals surface area contributed by atoms with Crippen molar-refractivity contribution in [2.75, 3.05) is 17.2 Å². The zero-order valence-corrected chi connectivity index (χ0v) is 15.9. The van der Waals surface area contributed by atoms with Crippen LogP contribution in [0.5, 0.6) is 0 Å². The predicted molar refractivity (Wildman–Crippen MR) is 108 cm³/mol. The predicted octanol–water partition coefficient (Wildman–Crippen LogP) is 4.17. The van der Waals surface area contributed by atoms with E-state index in [2.05, 4.69) is 10.6 Å². The van der Waals surface area contributed by atoms with E-state index in [1.165, 1.54) is 0 Å². The zero-order valence-electron chi connectivity index (χ0n) is 15.9. The highest BCUT2D eigenvalue weighted by Gasteiger charge is 2.18. The van der Waals surface area contributed by atoms with E-state index in [4.69, 9.17) is 4.74 Å². The molecule has 0 aromatic heterocycles. The number of esters is 1. The number of ether oxygens (including phenoxy) is 1. The van der Waals surface area contributed by atoms with Crippen LogP contribution in [0, 0.1) is 0 Å². The van der Waals surface area contributed by atoms with Crippen LogP contribution in [-0.2, 0) is 16.0 Å². The Balaban J connectivity index is 1.76. The van der Waals surface area contributed by atoms with E-state index >= 15 is 0 Å². The van der Waals surface area contributed by atoms with Gasteiger partial charge in [0.1, 0.15) is 0 Å². The summed E-state index contributed by atoms with van der Waals surface area (Å²) in [6.07, 6.45) is 3.69. The van der Waals surface area contributed by atoms with Crippen molar-refractivity contribution < 1.29 is 19.1 Å². The van der Waals surface area contributed by atoms with Crippen molar-refractivity contribution in [3.63, 3.8) is 0 Å². The summed E-state index contributed by atoms with van der Waals surface area (Å²) < 4.78 is 5.26. The molecule has 2 aromatic carbocycles. The van der Waals surface area contributed by atoms with Gasteiger partial charge in [-0.05, 0) is 55.2 Å². The molecule has 6 heteroatoms. The number of hydrogen-bond acceptors (Lipinski definition) is 4. The zero-order chi connectivity index (χ0) is 19.9. The summed E-state index contributed by atoms with van der Waals surface area (Å²) in [7, 11) is 0. The van der Waals surface area contributed by atoms with Gasteiger partial charge >= 0.3 is 5.97 Å². The number of benzene rings is 2. The third-order valence-corrected chi connectivity index (χ3v) is 4.62. The Morgan fingerprint density at radius 2 is 1.96 bits per heavy atom. The summed E-state index contributed by atoms with van der Waals surface area (Å²) in [5, 5.41) is 5.66. The van der Waals surface area contributed by atoms with Gasteiger partial charge in [-0.2, -0.15) is 0 Å². The molecule has 0 unspecified atom stereocenters. The second kappa shape index (κ2) is 9.17. The number of carbonyl (C=O) groups is 3. The minimum Gasteiger partial charge on any atom is -0.462 e. The van der Waals surface area contributed by atoms with Crippen LogP contribution >= 0.6 is 0 Å². The lowest BCUT2D eigenvalue weighted by Gasteiger charge is -2.12. The molecule has 2 N–H and O–H groups in total. The molecule has 0 saturated heterocycles. The molecule has 28 heavy (non-hydrogen) atoms. The lowest BCUT2D eigenvalue weighted by molar-refractivity contribution is -0.116. The van der Waals surface area contributed by atoms with Crippen LogP contribution in [0.15, 0.2) is 42.5 Å². The Morgan fingerprint density at radius 3 is 2.79 bits per heavy atom. The highest BCUT2D eigenvalue weighted by atomic mass is 16.5. The Labute approximate surface area is 164 Å². The van der Waals surface area contributed by atoms with Crippen LogP contribution in [-0.4, -0.2) is 24.4 Å². The van der Waals surface area contributed by atoms with Gasteiger partial charge in [0, 0.05) is 17.7 Å². The summed E-state index contributed by atoms with van der Waals surface area (Å²) >= 11 is 0. The molecule has 0 fully saturated rings. The number of anilines is 2.